The van der Waals surface area contributed by atoms with Crippen molar-refractivity contribution < 1.29 is 22.7 Å². The van der Waals surface area contributed by atoms with E-state index in [-0.39, 0.29) is 12.5 Å². The largest absolute Gasteiger partial charge is 0.495 e. The van der Waals surface area contributed by atoms with Crippen LogP contribution in [0, 0.1) is 0 Å². The third kappa shape index (κ3) is 4.30. The lowest BCUT2D eigenvalue weighted by Gasteiger charge is -2.27. The van der Waals surface area contributed by atoms with Crippen LogP contribution in [0.15, 0.2) is 42.5 Å². The van der Waals surface area contributed by atoms with Crippen LogP contribution in [0.4, 0.5) is 5.13 Å². The van der Waals surface area contributed by atoms with Crippen LogP contribution in [0.3, 0.4) is 0 Å². The van der Waals surface area contributed by atoms with Crippen molar-refractivity contribution in [3.8, 4) is 11.5 Å². The van der Waals surface area contributed by atoms with Crippen LogP contribution in [0.2, 0.25) is 0 Å². The third-order valence-corrected chi connectivity index (χ3v) is 7.88. The molecule has 0 spiro atoms. The monoisotopic (exact) mass is 475 g/mol. The van der Waals surface area contributed by atoms with E-state index in [0.717, 1.165) is 16.5 Å². The summed E-state index contributed by atoms with van der Waals surface area (Å²) in [6, 6.07) is 12.4. The van der Waals surface area contributed by atoms with Crippen molar-refractivity contribution in [2.75, 3.05) is 31.9 Å². The summed E-state index contributed by atoms with van der Waals surface area (Å²) in [5.74, 6) is 0.929. The van der Waals surface area contributed by atoms with Crippen LogP contribution >= 0.6 is 11.3 Å². The van der Waals surface area contributed by atoms with Gasteiger partial charge in [-0.25, -0.2) is 13.4 Å². The van der Waals surface area contributed by atoms with Gasteiger partial charge in [-0.05, 0) is 30.5 Å². The maximum atomic E-state index is 13.7. The van der Waals surface area contributed by atoms with E-state index in [0.29, 0.717) is 41.5 Å². The maximum Gasteiger partial charge on any atom is 0.247 e. The molecule has 1 unspecified atom stereocenters. The fraction of sp³-hybridized carbons (Fsp3) is 0.364. The smallest absolute Gasteiger partial charge is 0.247 e. The molecule has 4 rings (SSSR count). The highest BCUT2D eigenvalue weighted by molar-refractivity contribution is 7.88. The number of nitrogens with zero attached hydrogens (tertiary/aromatic N) is 3. The molecule has 0 radical (unpaired) electrons. The zero-order chi connectivity index (χ0) is 22.9. The molecule has 0 aliphatic carbocycles. The van der Waals surface area contributed by atoms with Gasteiger partial charge in [0.25, 0.3) is 0 Å². The fourth-order valence-corrected chi connectivity index (χ4v) is 6.16. The number of carbonyl (C=O) groups is 1. The summed E-state index contributed by atoms with van der Waals surface area (Å²) in [5, 5.41) is 0.469. The summed E-state index contributed by atoms with van der Waals surface area (Å²) in [4.78, 5) is 20.0. The molecule has 1 fully saturated rings. The Morgan fingerprint density at radius 1 is 1.16 bits per heavy atom. The molecule has 0 saturated carbocycles. The molecule has 1 aromatic heterocycles. The molecule has 1 saturated heterocycles. The first-order chi connectivity index (χ1) is 15.3. The van der Waals surface area contributed by atoms with E-state index in [2.05, 4.69) is 0 Å². The quantitative estimate of drug-likeness (QED) is 0.521. The molecule has 1 amide bonds. The summed E-state index contributed by atoms with van der Waals surface area (Å²) < 4.78 is 37.6. The lowest BCUT2D eigenvalue weighted by molar-refractivity contribution is -0.121. The van der Waals surface area contributed by atoms with Crippen molar-refractivity contribution >= 4 is 42.6 Å². The first-order valence-corrected chi connectivity index (χ1v) is 12.8. The average Bonchev–Trinajstić information content (AvgIpc) is 3.44. The number of amides is 1. The van der Waals surface area contributed by atoms with E-state index >= 15 is 0 Å². The van der Waals surface area contributed by atoms with Crippen molar-refractivity contribution in [3.05, 3.63) is 48.0 Å². The normalized spacial score (nSPS) is 16.9. The second kappa shape index (κ2) is 9.05. The standard InChI is InChI=1S/C22H25N3O5S2/c1-29-17-11-12-18(30-2)20-19(17)23-22(31-20)24(14-15-8-5-4-6-9-15)21(26)16-10-7-13-25(16)32(3,27)28/h4-6,8-9,11-12,16H,7,10,13-14H2,1-3H3. The zero-order valence-electron chi connectivity index (χ0n) is 18.1. The van der Waals surface area contributed by atoms with Gasteiger partial charge in [0.2, 0.25) is 15.9 Å². The minimum atomic E-state index is -3.50. The molecule has 1 aliphatic heterocycles. The summed E-state index contributed by atoms with van der Waals surface area (Å²) in [6.07, 6.45) is 2.27. The Hall–Kier alpha value is -2.69. The maximum absolute atomic E-state index is 13.7. The number of carbonyl (C=O) groups excluding carboxylic acids is 1. The van der Waals surface area contributed by atoms with E-state index < -0.39 is 16.1 Å². The van der Waals surface area contributed by atoms with Crippen LogP contribution in [-0.2, 0) is 21.4 Å². The van der Waals surface area contributed by atoms with Crippen molar-refractivity contribution in [1.29, 1.82) is 0 Å². The van der Waals surface area contributed by atoms with Crippen LogP contribution in [0.5, 0.6) is 11.5 Å². The summed E-state index contributed by atoms with van der Waals surface area (Å²) in [7, 11) is -0.358. The predicted octanol–water partition coefficient (Wildman–Crippen LogP) is 3.27. The molecule has 3 aromatic rings. The summed E-state index contributed by atoms with van der Waals surface area (Å²) >= 11 is 1.32. The number of ether oxygens (including phenoxy) is 2. The number of aromatic nitrogens is 1. The number of anilines is 1. The second-order valence-corrected chi connectivity index (χ2v) is 10.5. The number of rotatable bonds is 7. The topological polar surface area (TPSA) is 89.0 Å². The summed E-state index contributed by atoms with van der Waals surface area (Å²) in [6.45, 7) is 0.619. The van der Waals surface area contributed by atoms with Gasteiger partial charge in [-0.15, -0.1) is 0 Å². The lowest BCUT2D eigenvalue weighted by atomic mass is 10.1. The van der Waals surface area contributed by atoms with E-state index in [4.69, 9.17) is 14.5 Å². The molecule has 2 aromatic carbocycles. The number of methoxy groups -OCH3 is 2. The molecule has 0 bridgehead atoms. The minimum absolute atomic E-state index is 0.276. The molecular formula is C22H25N3O5S2. The Morgan fingerprint density at radius 3 is 2.50 bits per heavy atom. The van der Waals surface area contributed by atoms with Crippen molar-refractivity contribution in [1.82, 2.24) is 9.29 Å². The van der Waals surface area contributed by atoms with Gasteiger partial charge in [0.05, 0.1) is 27.0 Å². The zero-order valence-corrected chi connectivity index (χ0v) is 19.8. The highest BCUT2D eigenvalue weighted by Gasteiger charge is 2.40. The van der Waals surface area contributed by atoms with Gasteiger partial charge in [0.15, 0.2) is 5.13 Å². The molecule has 170 valence electrons. The first-order valence-electron chi connectivity index (χ1n) is 10.2. The van der Waals surface area contributed by atoms with Crippen molar-refractivity contribution in [2.24, 2.45) is 0 Å². The molecule has 0 N–H and O–H groups in total. The van der Waals surface area contributed by atoms with Crippen LogP contribution in [0.25, 0.3) is 10.2 Å². The van der Waals surface area contributed by atoms with Gasteiger partial charge in [0.1, 0.15) is 27.8 Å². The lowest BCUT2D eigenvalue weighted by Crippen LogP contribution is -2.47. The Morgan fingerprint density at radius 2 is 1.84 bits per heavy atom. The second-order valence-electron chi connectivity index (χ2n) is 7.59. The number of hydrogen-bond donors (Lipinski definition) is 0. The van der Waals surface area contributed by atoms with Gasteiger partial charge in [-0.2, -0.15) is 4.31 Å². The minimum Gasteiger partial charge on any atom is -0.495 e. The molecule has 1 aliphatic rings. The van der Waals surface area contributed by atoms with Crippen LogP contribution in [0.1, 0.15) is 18.4 Å². The predicted molar refractivity (Wildman–Crippen MR) is 125 cm³/mol. The Labute approximate surface area is 191 Å². The van der Waals surface area contributed by atoms with Crippen molar-refractivity contribution in [2.45, 2.75) is 25.4 Å². The van der Waals surface area contributed by atoms with E-state index in [1.165, 1.54) is 15.6 Å². The number of sulfonamides is 1. The Bertz CT molecular complexity index is 1190. The van der Waals surface area contributed by atoms with E-state index in [1.807, 2.05) is 30.3 Å². The molecule has 10 heteroatoms. The number of fused-ring (bicyclic) bond motifs is 1. The van der Waals surface area contributed by atoms with E-state index in [9.17, 15) is 13.2 Å². The van der Waals surface area contributed by atoms with Gasteiger partial charge in [-0.1, -0.05) is 41.7 Å². The molecule has 1 atom stereocenters. The number of hydrogen-bond acceptors (Lipinski definition) is 7. The van der Waals surface area contributed by atoms with Crippen LogP contribution < -0.4 is 14.4 Å². The highest BCUT2D eigenvalue weighted by atomic mass is 32.2. The molecule has 2 heterocycles. The van der Waals surface area contributed by atoms with Crippen molar-refractivity contribution in [3.63, 3.8) is 0 Å². The third-order valence-electron chi connectivity index (χ3n) is 5.49. The average molecular weight is 476 g/mol. The van der Waals surface area contributed by atoms with Crippen LogP contribution in [-0.4, -0.2) is 56.7 Å². The Balaban J connectivity index is 1.80. The summed E-state index contributed by atoms with van der Waals surface area (Å²) in [5.41, 5.74) is 1.52. The number of benzene rings is 2. The van der Waals surface area contributed by atoms with Gasteiger partial charge < -0.3 is 9.47 Å². The van der Waals surface area contributed by atoms with Gasteiger partial charge >= 0.3 is 0 Å². The SMILES string of the molecule is COc1ccc(OC)c2sc(N(Cc3ccccc3)C(=O)C3CCCN3S(C)(=O)=O)nc12. The molecule has 32 heavy (non-hydrogen) atoms. The fourth-order valence-electron chi connectivity index (χ4n) is 3.96. The van der Waals surface area contributed by atoms with E-state index in [1.54, 1.807) is 31.3 Å². The Kier molecular flexibility index (Phi) is 6.36. The molecule has 8 nitrogen and oxygen atoms in total. The van der Waals surface area contributed by atoms with Gasteiger partial charge in [0, 0.05) is 6.54 Å². The first kappa shape index (κ1) is 22.5. The van der Waals surface area contributed by atoms with Gasteiger partial charge in [-0.3, -0.25) is 9.69 Å². The number of thiazole rings is 1. The highest BCUT2D eigenvalue weighted by Crippen LogP contribution is 2.41. The molecular weight excluding hydrogens is 450 g/mol.